The molecule has 5 nitrogen and oxygen atoms in total. The van der Waals surface area contributed by atoms with Crippen molar-refractivity contribution >= 4 is 21.7 Å². The summed E-state index contributed by atoms with van der Waals surface area (Å²) in [6.07, 6.45) is 4.12. The summed E-state index contributed by atoms with van der Waals surface area (Å²) >= 11 is 0. The highest BCUT2D eigenvalue weighted by Crippen LogP contribution is 2.26. The van der Waals surface area contributed by atoms with Gasteiger partial charge in [0.15, 0.2) is 0 Å². The van der Waals surface area contributed by atoms with Gasteiger partial charge >= 0.3 is 5.97 Å². The van der Waals surface area contributed by atoms with E-state index in [0.29, 0.717) is 17.7 Å². The normalized spacial score (nSPS) is 11.9. The van der Waals surface area contributed by atoms with Crippen LogP contribution in [0.15, 0.2) is 77.7 Å². The molecular weight excluding hydrogens is 446 g/mol. The Morgan fingerprint density at radius 2 is 1.35 bits per heavy atom. The quantitative estimate of drug-likeness (QED) is 0.328. The maximum atomic E-state index is 13.0. The molecule has 0 radical (unpaired) electrons. The fourth-order valence-corrected chi connectivity index (χ4v) is 5.03. The van der Waals surface area contributed by atoms with E-state index >= 15 is 0 Å². The third kappa shape index (κ3) is 6.70. The lowest BCUT2D eigenvalue weighted by atomic mass is 9.87. The van der Waals surface area contributed by atoms with Gasteiger partial charge in [-0.05, 0) is 72.1 Å². The van der Waals surface area contributed by atoms with Crippen molar-refractivity contribution in [2.24, 2.45) is 0 Å². The SMILES string of the molecule is CC(C)(C)c1ccc(S(=O)(=O)Nc2ccccc2CCCCCc2ccccc2C(=O)O)cc1. The van der Waals surface area contributed by atoms with E-state index in [-0.39, 0.29) is 10.3 Å². The molecule has 0 aliphatic rings. The first-order chi connectivity index (χ1) is 16.1. The van der Waals surface area contributed by atoms with Crippen LogP contribution in [0.2, 0.25) is 0 Å². The second-order valence-electron chi connectivity index (χ2n) is 9.56. The average molecular weight is 480 g/mol. The summed E-state index contributed by atoms with van der Waals surface area (Å²) in [5.41, 5.74) is 3.79. The van der Waals surface area contributed by atoms with Gasteiger partial charge in [-0.25, -0.2) is 13.2 Å². The number of carbonyl (C=O) groups is 1. The van der Waals surface area contributed by atoms with Crippen LogP contribution < -0.4 is 4.72 Å². The van der Waals surface area contributed by atoms with Crippen molar-refractivity contribution in [3.05, 3.63) is 95.1 Å². The first-order valence-electron chi connectivity index (χ1n) is 11.6. The molecule has 0 saturated heterocycles. The summed E-state index contributed by atoms with van der Waals surface area (Å²) in [6.45, 7) is 6.28. The molecule has 0 aliphatic heterocycles. The average Bonchev–Trinajstić information content (AvgIpc) is 2.79. The van der Waals surface area contributed by atoms with E-state index in [1.165, 1.54) is 0 Å². The molecule has 34 heavy (non-hydrogen) atoms. The predicted octanol–water partition coefficient (Wildman–Crippen LogP) is 6.44. The first kappa shape index (κ1) is 25.5. The second kappa shape index (κ2) is 10.9. The maximum absolute atomic E-state index is 13.0. The summed E-state index contributed by atoms with van der Waals surface area (Å²) in [7, 11) is -3.69. The lowest BCUT2D eigenvalue weighted by Gasteiger charge is -2.19. The number of unbranched alkanes of at least 4 members (excludes halogenated alkanes) is 2. The molecule has 3 aromatic carbocycles. The summed E-state index contributed by atoms with van der Waals surface area (Å²) in [6, 6.07) is 21.6. The van der Waals surface area contributed by atoms with Gasteiger partial charge in [-0.1, -0.05) is 75.7 Å². The van der Waals surface area contributed by atoms with Crippen molar-refractivity contribution in [3.63, 3.8) is 0 Å². The lowest BCUT2D eigenvalue weighted by molar-refractivity contribution is 0.0695. The number of rotatable bonds is 10. The molecule has 180 valence electrons. The molecule has 0 unspecified atom stereocenters. The molecule has 0 bridgehead atoms. The van der Waals surface area contributed by atoms with Crippen LogP contribution in [0.25, 0.3) is 0 Å². The van der Waals surface area contributed by atoms with Crippen LogP contribution in [-0.4, -0.2) is 19.5 Å². The monoisotopic (exact) mass is 479 g/mol. The zero-order valence-electron chi connectivity index (χ0n) is 20.0. The van der Waals surface area contributed by atoms with Crippen molar-refractivity contribution in [1.29, 1.82) is 0 Å². The largest absolute Gasteiger partial charge is 0.478 e. The van der Waals surface area contributed by atoms with Gasteiger partial charge < -0.3 is 5.11 Å². The molecule has 0 heterocycles. The Bertz CT molecular complexity index is 1230. The zero-order valence-corrected chi connectivity index (χ0v) is 20.9. The molecule has 0 atom stereocenters. The highest BCUT2D eigenvalue weighted by atomic mass is 32.2. The van der Waals surface area contributed by atoms with Crippen LogP contribution in [-0.2, 0) is 28.3 Å². The maximum Gasteiger partial charge on any atom is 0.335 e. The summed E-state index contributed by atoms with van der Waals surface area (Å²) < 4.78 is 28.7. The van der Waals surface area contributed by atoms with Gasteiger partial charge in [0.1, 0.15) is 0 Å². The molecule has 6 heteroatoms. The van der Waals surface area contributed by atoms with Crippen molar-refractivity contribution in [3.8, 4) is 0 Å². The van der Waals surface area contributed by atoms with Gasteiger partial charge in [0.2, 0.25) is 0 Å². The molecule has 2 N–H and O–H groups in total. The van der Waals surface area contributed by atoms with Gasteiger partial charge in [0.05, 0.1) is 16.1 Å². The fourth-order valence-electron chi connectivity index (χ4n) is 3.93. The van der Waals surface area contributed by atoms with E-state index in [1.54, 1.807) is 30.3 Å². The van der Waals surface area contributed by atoms with Crippen molar-refractivity contribution < 1.29 is 18.3 Å². The Hall–Kier alpha value is -3.12. The predicted molar refractivity (Wildman–Crippen MR) is 137 cm³/mol. The Labute approximate surface area is 202 Å². The Morgan fingerprint density at radius 1 is 0.794 bits per heavy atom. The number of carboxylic acid groups (broad SMARTS) is 1. The number of aromatic carboxylic acids is 1. The highest BCUT2D eigenvalue weighted by Gasteiger charge is 2.18. The summed E-state index contributed by atoms with van der Waals surface area (Å²) in [4.78, 5) is 11.6. The van der Waals surface area contributed by atoms with Crippen molar-refractivity contribution in [2.75, 3.05) is 4.72 Å². The van der Waals surface area contributed by atoms with E-state index in [2.05, 4.69) is 25.5 Å². The van der Waals surface area contributed by atoms with Crippen LogP contribution in [0, 0.1) is 0 Å². The van der Waals surface area contributed by atoms with Crippen LogP contribution in [0.3, 0.4) is 0 Å². The van der Waals surface area contributed by atoms with E-state index in [9.17, 15) is 18.3 Å². The minimum atomic E-state index is -3.69. The first-order valence-corrected chi connectivity index (χ1v) is 13.1. The Morgan fingerprint density at radius 3 is 1.97 bits per heavy atom. The van der Waals surface area contributed by atoms with E-state index < -0.39 is 16.0 Å². The van der Waals surface area contributed by atoms with Crippen molar-refractivity contribution in [1.82, 2.24) is 0 Å². The minimum Gasteiger partial charge on any atom is -0.478 e. The number of para-hydroxylation sites is 1. The number of nitrogens with one attached hydrogen (secondary N) is 1. The van der Waals surface area contributed by atoms with Crippen LogP contribution in [0.5, 0.6) is 0 Å². The molecule has 3 aromatic rings. The lowest BCUT2D eigenvalue weighted by Crippen LogP contribution is -2.15. The van der Waals surface area contributed by atoms with E-state index in [0.717, 1.165) is 42.4 Å². The Kier molecular flexibility index (Phi) is 8.15. The van der Waals surface area contributed by atoms with Gasteiger partial charge in [0.25, 0.3) is 10.0 Å². The molecule has 0 amide bonds. The van der Waals surface area contributed by atoms with Crippen LogP contribution in [0.4, 0.5) is 5.69 Å². The summed E-state index contributed by atoms with van der Waals surface area (Å²) in [5, 5.41) is 9.32. The molecule has 3 rings (SSSR count). The third-order valence-electron chi connectivity index (χ3n) is 5.93. The van der Waals surface area contributed by atoms with Gasteiger partial charge in [-0.3, -0.25) is 4.72 Å². The number of aryl methyl sites for hydroxylation is 2. The number of hydrogen-bond donors (Lipinski definition) is 2. The van der Waals surface area contributed by atoms with Gasteiger partial charge in [-0.2, -0.15) is 0 Å². The van der Waals surface area contributed by atoms with Gasteiger partial charge in [0, 0.05) is 0 Å². The van der Waals surface area contributed by atoms with Gasteiger partial charge in [-0.15, -0.1) is 0 Å². The highest BCUT2D eigenvalue weighted by molar-refractivity contribution is 7.92. The number of carboxylic acids is 1. The molecule has 0 spiro atoms. The van der Waals surface area contributed by atoms with Crippen LogP contribution in [0.1, 0.15) is 67.1 Å². The summed E-state index contributed by atoms with van der Waals surface area (Å²) in [5.74, 6) is -0.898. The Balaban J connectivity index is 1.60. The van der Waals surface area contributed by atoms with E-state index in [1.807, 2.05) is 42.5 Å². The molecule has 0 saturated carbocycles. The van der Waals surface area contributed by atoms with E-state index in [4.69, 9.17) is 0 Å². The number of sulfonamides is 1. The molecule has 0 aromatic heterocycles. The fraction of sp³-hybridized carbons (Fsp3) is 0.321. The standard InChI is InChI=1S/C28H33NO4S/c1-28(2,3)23-17-19-24(20-18-23)34(32,33)29-26-16-10-8-14-22(26)13-6-4-5-11-21-12-7-9-15-25(21)27(30)31/h7-10,12,14-20,29H,4-6,11,13H2,1-3H3,(H,30,31). The second-order valence-corrected chi connectivity index (χ2v) is 11.2. The topological polar surface area (TPSA) is 83.5 Å². The molecular formula is C28H33NO4S. The number of hydrogen-bond acceptors (Lipinski definition) is 3. The number of anilines is 1. The number of benzene rings is 3. The third-order valence-corrected chi connectivity index (χ3v) is 7.31. The molecule has 0 aliphatic carbocycles. The van der Waals surface area contributed by atoms with Crippen LogP contribution >= 0.6 is 0 Å². The zero-order chi connectivity index (χ0) is 24.8. The van der Waals surface area contributed by atoms with Crippen molar-refractivity contribution in [2.45, 2.75) is 63.2 Å². The minimum absolute atomic E-state index is 0.0436. The molecule has 0 fully saturated rings. The smallest absolute Gasteiger partial charge is 0.335 e.